The Morgan fingerprint density at radius 2 is 2.26 bits per heavy atom. The van der Waals surface area contributed by atoms with Gasteiger partial charge >= 0.3 is 5.97 Å². The fourth-order valence-corrected chi connectivity index (χ4v) is 3.31. The Hall–Kier alpha value is -2.24. The average Bonchev–Trinajstić information content (AvgIpc) is 3.03. The van der Waals surface area contributed by atoms with Gasteiger partial charge in [-0.05, 0) is 49.9 Å². The summed E-state index contributed by atoms with van der Waals surface area (Å²) in [7, 11) is 0. The number of carbonyl (C=O) groups excluding carboxylic acids is 1. The molecule has 0 saturated carbocycles. The molecule has 2 aliphatic heterocycles. The highest BCUT2D eigenvalue weighted by molar-refractivity contribution is 5.86. The first-order valence-electron chi connectivity index (χ1n) is 8.02. The zero-order valence-electron chi connectivity index (χ0n) is 13.2. The minimum Gasteiger partial charge on any atom is -0.494 e. The Labute approximate surface area is 135 Å². The van der Waals surface area contributed by atoms with Gasteiger partial charge in [0.15, 0.2) is 0 Å². The second-order valence-electron chi connectivity index (χ2n) is 5.94. The lowest BCUT2D eigenvalue weighted by Gasteiger charge is -2.30. The van der Waals surface area contributed by atoms with Crippen molar-refractivity contribution in [1.29, 1.82) is 0 Å². The van der Waals surface area contributed by atoms with E-state index in [-0.39, 0.29) is 11.8 Å². The number of amides is 1. The molecule has 2 atom stereocenters. The molecule has 23 heavy (non-hydrogen) atoms. The molecule has 0 radical (unpaired) electrons. The molecule has 1 amide bonds. The van der Waals surface area contributed by atoms with Gasteiger partial charge < -0.3 is 19.5 Å². The summed E-state index contributed by atoms with van der Waals surface area (Å²) in [5.74, 6) is 0.148. The van der Waals surface area contributed by atoms with E-state index in [1.807, 2.05) is 25.1 Å². The van der Waals surface area contributed by atoms with Crippen molar-refractivity contribution in [3.8, 4) is 11.5 Å². The van der Waals surface area contributed by atoms with Gasteiger partial charge in [0, 0.05) is 6.54 Å². The van der Waals surface area contributed by atoms with Gasteiger partial charge in [0.05, 0.1) is 12.5 Å². The number of hydrogen-bond donors (Lipinski definition) is 1. The van der Waals surface area contributed by atoms with Crippen LogP contribution >= 0.6 is 0 Å². The van der Waals surface area contributed by atoms with Crippen LogP contribution in [-0.2, 0) is 16.0 Å². The number of likely N-dealkylation sites (tertiary alicyclic amines) is 1. The minimum atomic E-state index is -0.924. The Bertz CT molecular complexity index is 615. The number of benzene rings is 1. The maximum atomic E-state index is 12.7. The third-order valence-electron chi connectivity index (χ3n) is 4.42. The number of ether oxygens (including phenoxy) is 2. The van der Waals surface area contributed by atoms with E-state index in [9.17, 15) is 14.7 Å². The molecule has 0 bridgehead atoms. The van der Waals surface area contributed by atoms with Gasteiger partial charge in [-0.1, -0.05) is 0 Å². The first kappa shape index (κ1) is 15.6. The number of carboxylic acid groups (broad SMARTS) is 1. The van der Waals surface area contributed by atoms with Gasteiger partial charge in [-0.25, -0.2) is 4.79 Å². The van der Waals surface area contributed by atoms with Crippen LogP contribution in [0.5, 0.6) is 11.5 Å². The first-order valence-corrected chi connectivity index (χ1v) is 8.02. The lowest BCUT2D eigenvalue weighted by molar-refractivity contribution is -0.150. The number of carbonyl (C=O) groups is 2. The third kappa shape index (κ3) is 3.11. The standard InChI is InChI=1S/C17H21NO5/c1-2-22-13-5-6-15-11(9-13)8-12(10-23-15)16(19)18-7-3-4-14(18)17(20)21/h5-6,9,12,14H,2-4,7-8,10H2,1H3,(H,20,21)/t12-,14-/m1/s1. The van der Waals surface area contributed by atoms with E-state index in [4.69, 9.17) is 9.47 Å². The predicted molar refractivity (Wildman–Crippen MR) is 82.7 cm³/mol. The second-order valence-corrected chi connectivity index (χ2v) is 5.94. The summed E-state index contributed by atoms with van der Waals surface area (Å²) in [6.45, 7) is 3.30. The first-order chi connectivity index (χ1) is 11.1. The van der Waals surface area contributed by atoms with Crippen molar-refractivity contribution >= 4 is 11.9 Å². The van der Waals surface area contributed by atoms with E-state index in [1.165, 1.54) is 4.90 Å². The number of aliphatic carboxylic acids is 1. The number of rotatable bonds is 4. The molecule has 2 heterocycles. The molecule has 0 spiro atoms. The van der Waals surface area contributed by atoms with Crippen molar-refractivity contribution in [3.05, 3.63) is 23.8 Å². The Balaban J connectivity index is 1.74. The number of carboxylic acids is 1. The monoisotopic (exact) mass is 319 g/mol. The molecular formula is C17H21NO5. The molecule has 1 N–H and O–H groups in total. The largest absolute Gasteiger partial charge is 0.494 e. The van der Waals surface area contributed by atoms with Crippen LogP contribution in [0.2, 0.25) is 0 Å². The smallest absolute Gasteiger partial charge is 0.326 e. The van der Waals surface area contributed by atoms with Crippen LogP contribution in [0, 0.1) is 5.92 Å². The summed E-state index contributed by atoms with van der Waals surface area (Å²) in [6, 6.07) is 4.91. The normalized spacial score (nSPS) is 23.1. The molecule has 0 unspecified atom stereocenters. The predicted octanol–water partition coefficient (Wildman–Crippen LogP) is 1.71. The fraction of sp³-hybridized carbons (Fsp3) is 0.529. The van der Waals surface area contributed by atoms with Crippen LogP contribution in [-0.4, -0.2) is 47.7 Å². The molecule has 1 saturated heterocycles. The van der Waals surface area contributed by atoms with Gasteiger partial charge in [0.2, 0.25) is 5.91 Å². The highest BCUT2D eigenvalue weighted by Crippen LogP contribution is 2.32. The van der Waals surface area contributed by atoms with E-state index in [0.717, 1.165) is 23.5 Å². The highest BCUT2D eigenvalue weighted by Gasteiger charge is 2.38. The second kappa shape index (κ2) is 6.48. The summed E-state index contributed by atoms with van der Waals surface area (Å²) in [6.07, 6.45) is 1.82. The molecule has 0 aromatic heterocycles. The lowest BCUT2D eigenvalue weighted by atomic mass is 9.95. The minimum absolute atomic E-state index is 0.123. The van der Waals surface area contributed by atoms with Crippen molar-refractivity contribution < 1.29 is 24.2 Å². The zero-order valence-corrected chi connectivity index (χ0v) is 13.2. The Morgan fingerprint density at radius 1 is 1.43 bits per heavy atom. The number of fused-ring (bicyclic) bond motifs is 1. The van der Waals surface area contributed by atoms with Crippen LogP contribution in [0.4, 0.5) is 0 Å². The SMILES string of the molecule is CCOc1ccc2c(c1)C[C@@H](C(=O)N1CCC[C@@H]1C(=O)O)CO2. The van der Waals surface area contributed by atoms with Crippen molar-refractivity contribution in [1.82, 2.24) is 4.90 Å². The number of nitrogens with zero attached hydrogens (tertiary/aromatic N) is 1. The van der Waals surface area contributed by atoms with E-state index < -0.39 is 12.0 Å². The zero-order chi connectivity index (χ0) is 16.4. The van der Waals surface area contributed by atoms with Crippen molar-refractivity contribution in [2.45, 2.75) is 32.2 Å². The topological polar surface area (TPSA) is 76.1 Å². The molecule has 3 rings (SSSR count). The van der Waals surface area contributed by atoms with Crippen LogP contribution in [0.1, 0.15) is 25.3 Å². The maximum absolute atomic E-state index is 12.7. The van der Waals surface area contributed by atoms with Crippen LogP contribution in [0.25, 0.3) is 0 Å². The average molecular weight is 319 g/mol. The van der Waals surface area contributed by atoms with E-state index in [2.05, 4.69) is 0 Å². The molecule has 1 fully saturated rings. The lowest BCUT2D eigenvalue weighted by Crippen LogP contribution is -2.46. The molecule has 6 nitrogen and oxygen atoms in total. The van der Waals surface area contributed by atoms with Gasteiger partial charge in [-0.3, -0.25) is 4.79 Å². The van der Waals surface area contributed by atoms with E-state index in [1.54, 1.807) is 0 Å². The number of hydrogen-bond acceptors (Lipinski definition) is 4. The van der Waals surface area contributed by atoms with Crippen molar-refractivity contribution in [3.63, 3.8) is 0 Å². The summed E-state index contributed by atoms with van der Waals surface area (Å²) in [4.78, 5) is 25.5. The fourth-order valence-electron chi connectivity index (χ4n) is 3.31. The molecule has 2 aliphatic rings. The maximum Gasteiger partial charge on any atom is 0.326 e. The van der Waals surface area contributed by atoms with Gasteiger partial charge in [-0.2, -0.15) is 0 Å². The molecule has 6 heteroatoms. The molecule has 0 aliphatic carbocycles. The Morgan fingerprint density at radius 3 is 3.00 bits per heavy atom. The highest BCUT2D eigenvalue weighted by atomic mass is 16.5. The summed E-state index contributed by atoms with van der Waals surface area (Å²) in [5, 5.41) is 9.24. The quantitative estimate of drug-likeness (QED) is 0.914. The molecule has 1 aromatic carbocycles. The van der Waals surface area contributed by atoms with Crippen LogP contribution in [0.15, 0.2) is 18.2 Å². The summed E-state index contributed by atoms with van der Waals surface area (Å²) in [5.41, 5.74) is 0.937. The van der Waals surface area contributed by atoms with Crippen LogP contribution < -0.4 is 9.47 Å². The van der Waals surface area contributed by atoms with E-state index >= 15 is 0 Å². The van der Waals surface area contributed by atoms with Crippen LogP contribution in [0.3, 0.4) is 0 Å². The summed E-state index contributed by atoms with van der Waals surface area (Å²) < 4.78 is 11.2. The molecular weight excluding hydrogens is 298 g/mol. The van der Waals surface area contributed by atoms with Gasteiger partial charge in [0.25, 0.3) is 0 Å². The van der Waals surface area contributed by atoms with Gasteiger partial charge in [-0.15, -0.1) is 0 Å². The summed E-state index contributed by atoms with van der Waals surface area (Å²) >= 11 is 0. The molecule has 1 aromatic rings. The van der Waals surface area contributed by atoms with Crippen molar-refractivity contribution in [2.75, 3.05) is 19.8 Å². The van der Waals surface area contributed by atoms with Gasteiger partial charge in [0.1, 0.15) is 24.1 Å². The van der Waals surface area contributed by atoms with Crippen molar-refractivity contribution in [2.24, 2.45) is 5.92 Å². The Kier molecular flexibility index (Phi) is 4.41. The molecule has 124 valence electrons. The van der Waals surface area contributed by atoms with E-state index in [0.29, 0.717) is 32.6 Å². The third-order valence-corrected chi connectivity index (χ3v) is 4.42.